The fraction of sp³-hybridized carbons (Fsp3) is 0.222. The van der Waals surface area contributed by atoms with Crippen LogP contribution in [0.25, 0.3) is 6.08 Å². The van der Waals surface area contributed by atoms with Crippen LogP contribution in [-0.4, -0.2) is 19.3 Å². The number of rotatable bonds is 10. The molecule has 0 radical (unpaired) electrons. The minimum absolute atomic E-state index is 0.835. The molecule has 0 saturated heterocycles. The maximum absolute atomic E-state index is 4.47. The highest BCUT2D eigenvalue weighted by molar-refractivity contribution is 6.08. The van der Waals surface area contributed by atoms with Crippen LogP contribution in [0.1, 0.15) is 30.0 Å². The first-order chi connectivity index (χ1) is 14.0. The maximum atomic E-state index is 4.47. The average Bonchev–Trinajstić information content (AvgIpc) is 2.75. The molecule has 2 aromatic carbocycles. The van der Waals surface area contributed by atoms with Gasteiger partial charge in [-0.05, 0) is 67.8 Å². The van der Waals surface area contributed by atoms with Gasteiger partial charge in [0.15, 0.2) is 0 Å². The van der Waals surface area contributed by atoms with Gasteiger partial charge >= 0.3 is 0 Å². The number of aryl methyl sites for hydroxylation is 1. The molecule has 2 heteroatoms. The third-order valence-electron chi connectivity index (χ3n) is 5.13. The molecule has 0 spiro atoms. The Balaban J connectivity index is 2.24. The average molecular weight is 385 g/mol. The quantitative estimate of drug-likeness (QED) is 0.412. The fourth-order valence-electron chi connectivity index (χ4n) is 3.39. The Bertz CT molecular complexity index is 897. The van der Waals surface area contributed by atoms with E-state index in [4.69, 9.17) is 0 Å². The summed E-state index contributed by atoms with van der Waals surface area (Å²) in [7, 11) is 1.83. The molecule has 0 fully saturated rings. The van der Waals surface area contributed by atoms with Crippen molar-refractivity contribution in [2.75, 3.05) is 18.5 Å². The normalized spacial score (nSPS) is 12.2. The fourth-order valence-corrected chi connectivity index (χ4v) is 3.39. The van der Waals surface area contributed by atoms with E-state index in [-0.39, 0.29) is 0 Å². The highest BCUT2D eigenvalue weighted by Gasteiger charge is 2.11. The second kappa shape index (κ2) is 11.0. The molecule has 0 aliphatic rings. The van der Waals surface area contributed by atoms with Gasteiger partial charge in [-0.15, -0.1) is 0 Å². The molecule has 0 aliphatic heterocycles. The molecule has 0 aromatic heterocycles. The largest absolute Gasteiger partial charge is 0.348 e. The topological polar surface area (TPSA) is 15.6 Å². The summed E-state index contributed by atoms with van der Waals surface area (Å²) < 4.78 is 0. The van der Waals surface area contributed by atoms with Crippen LogP contribution in [0, 0.1) is 6.92 Å². The SMILES string of the molecule is C=CC(=NC)/C(CCN(C=C)c1ccc(C)cc1)=C(/C)Cc1ccc(C=C)cc1. The predicted octanol–water partition coefficient (Wildman–Crippen LogP) is 6.79. The molecule has 2 aromatic rings. The van der Waals surface area contributed by atoms with Crippen LogP contribution < -0.4 is 4.90 Å². The third kappa shape index (κ3) is 6.18. The molecule has 0 amide bonds. The lowest BCUT2D eigenvalue weighted by molar-refractivity contribution is 0.903. The number of allylic oxidation sites excluding steroid dienone is 2. The molecule has 2 rings (SSSR count). The number of nitrogens with zero attached hydrogens (tertiary/aromatic N) is 2. The van der Waals surface area contributed by atoms with Crippen molar-refractivity contribution in [3.8, 4) is 0 Å². The second-order valence-corrected chi connectivity index (χ2v) is 7.16. The summed E-state index contributed by atoms with van der Waals surface area (Å²) in [6.45, 7) is 16.9. The monoisotopic (exact) mass is 384 g/mol. The van der Waals surface area contributed by atoms with Crippen molar-refractivity contribution in [1.82, 2.24) is 0 Å². The van der Waals surface area contributed by atoms with Crippen molar-refractivity contribution >= 4 is 17.5 Å². The number of benzene rings is 2. The van der Waals surface area contributed by atoms with Crippen LogP contribution in [0.2, 0.25) is 0 Å². The third-order valence-corrected chi connectivity index (χ3v) is 5.13. The summed E-state index contributed by atoms with van der Waals surface area (Å²) in [6.07, 6.45) is 7.37. The van der Waals surface area contributed by atoms with Gasteiger partial charge in [-0.25, -0.2) is 0 Å². The van der Waals surface area contributed by atoms with E-state index in [9.17, 15) is 0 Å². The van der Waals surface area contributed by atoms with Gasteiger partial charge in [-0.3, -0.25) is 4.99 Å². The van der Waals surface area contributed by atoms with E-state index in [1.54, 1.807) is 0 Å². The molecule has 2 nitrogen and oxygen atoms in total. The van der Waals surface area contributed by atoms with Crippen molar-refractivity contribution in [1.29, 1.82) is 0 Å². The Morgan fingerprint density at radius 3 is 2.17 bits per heavy atom. The summed E-state index contributed by atoms with van der Waals surface area (Å²) >= 11 is 0. The van der Waals surface area contributed by atoms with E-state index in [2.05, 4.69) is 92.0 Å². The Morgan fingerprint density at radius 2 is 1.66 bits per heavy atom. The number of hydrogen-bond donors (Lipinski definition) is 0. The van der Waals surface area contributed by atoms with Crippen LogP contribution >= 0.6 is 0 Å². The van der Waals surface area contributed by atoms with E-state index < -0.39 is 0 Å². The van der Waals surface area contributed by atoms with Crippen LogP contribution in [0.3, 0.4) is 0 Å². The van der Waals surface area contributed by atoms with E-state index in [0.717, 1.165) is 36.3 Å². The molecule has 0 N–H and O–H groups in total. The minimum Gasteiger partial charge on any atom is -0.348 e. The number of hydrogen-bond acceptors (Lipinski definition) is 2. The first kappa shape index (κ1) is 22.2. The molecule has 0 unspecified atom stereocenters. The predicted molar refractivity (Wildman–Crippen MR) is 130 cm³/mol. The number of aliphatic imine (C=N–C) groups is 1. The standard InChI is InChI=1S/C27H32N2/c1-7-23-12-14-24(15-13-23)20-22(5)26(27(8-2)28-6)18-19-29(9-3)25-16-10-21(4)11-17-25/h7-17H,1-3,18-20H2,4-6H3/b26-22-,28-27?. The molecule has 0 bridgehead atoms. The Kier molecular flexibility index (Phi) is 8.42. The smallest absolute Gasteiger partial charge is 0.0597 e. The molecule has 0 aliphatic carbocycles. The lowest BCUT2D eigenvalue weighted by Crippen LogP contribution is -2.19. The second-order valence-electron chi connectivity index (χ2n) is 7.16. The van der Waals surface area contributed by atoms with Crippen LogP contribution in [-0.2, 0) is 6.42 Å². The van der Waals surface area contributed by atoms with Crippen LogP contribution in [0.15, 0.2) is 96.7 Å². The van der Waals surface area contributed by atoms with Crippen molar-refractivity contribution in [2.24, 2.45) is 4.99 Å². The van der Waals surface area contributed by atoms with Gasteiger partial charge in [-0.2, -0.15) is 0 Å². The summed E-state index contributed by atoms with van der Waals surface area (Å²) in [4.78, 5) is 6.65. The molecule has 29 heavy (non-hydrogen) atoms. The Labute approximate surface area is 176 Å². The lowest BCUT2D eigenvalue weighted by atomic mass is 9.95. The molecule has 0 saturated carbocycles. The zero-order chi connectivity index (χ0) is 21.2. The lowest BCUT2D eigenvalue weighted by Gasteiger charge is -2.22. The molecule has 0 heterocycles. The van der Waals surface area contributed by atoms with Crippen molar-refractivity contribution in [3.05, 3.63) is 108 Å². The molecule has 0 atom stereocenters. The van der Waals surface area contributed by atoms with E-state index in [1.807, 2.05) is 25.4 Å². The summed E-state index contributed by atoms with van der Waals surface area (Å²) in [5.41, 5.74) is 8.33. The van der Waals surface area contributed by atoms with E-state index in [0.29, 0.717) is 0 Å². The summed E-state index contributed by atoms with van der Waals surface area (Å²) in [5, 5.41) is 0. The highest BCUT2D eigenvalue weighted by atomic mass is 15.1. The first-order valence-corrected chi connectivity index (χ1v) is 9.97. The van der Waals surface area contributed by atoms with Crippen molar-refractivity contribution in [2.45, 2.75) is 26.7 Å². The van der Waals surface area contributed by atoms with Gasteiger partial charge < -0.3 is 4.90 Å². The first-order valence-electron chi connectivity index (χ1n) is 9.97. The van der Waals surface area contributed by atoms with E-state index >= 15 is 0 Å². The zero-order valence-electron chi connectivity index (χ0n) is 18.0. The van der Waals surface area contributed by atoms with Crippen molar-refractivity contribution < 1.29 is 0 Å². The van der Waals surface area contributed by atoms with E-state index in [1.165, 1.54) is 22.3 Å². The summed E-state index contributed by atoms with van der Waals surface area (Å²) in [5.74, 6) is 0. The molecule has 150 valence electrons. The minimum atomic E-state index is 0.835. The van der Waals surface area contributed by atoms with Gasteiger partial charge in [0.2, 0.25) is 0 Å². The molecular formula is C27H32N2. The zero-order valence-corrected chi connectivity index (χ0v) is 18.0. The van der Waals surface area contributed by atoms with Gasteiger partial charge in [0, 0.05) is 19.3 Å². The summed E-state index contributed by atoms with van der Waals surface area (Å²) in [6, 6.07) is 17.1. The van der Waals surface area contributed by atoms with Gasteiger partial charge in [0.25, 0.3) is 0 Å². The Morgan fingerprint density at radius 1 is 1.00 bits per heavy atom. The molecular weight excluding hydrogens is 352 g/mol. The maximum Gasteiger partial charge on any atom is 0.0597 e. The number of anilines is 1. The Hall–Kier alpha value is -3.13. The highest BCUT2D eigenvalue weighted by Crippen LogP contribution is 2.21. The van der Waals surface area contributed by atoms with Crippen LogP contribution in [0.5, 0.6) is 0 Å². The van der Waals surface area contributed by atoms with Gasteiger partial charge in [0.05, 0.1) is 5.71 Å². The van der Waals surface area contributed by atoms with Gasteiger partial charge in [0.1, 0.15) is 0 Å². The van der Waals surface area contributed by atoms with Crippen LogP contribution in [0.4, 0.5) is 5.69 Å². The van der Waals surface area contributed by atoms with Crippen molar-refractivity contribution in [3.63, 3.8) is 0 Å². The van der Waals surface area contributed by atoms with Gasteiger partial charge in [-0.1, -0.05) is 73.3 Å².